The van der Waals surface area contributed by atoms with Gasteiger partial charge in [0.25, 0.3) is 7.82 Å². The maximum absolute atomic E-state index is 13.6. The molecule has 0 bridgehead atoms. The number of quaternary nitrogens is 1. The second kappa shape index (κ2) is 58.9. The van der Waals surface area contributed by atoms with E-state index in [0.717, 1.165) is 83.5 Å². The summed E-state index contributed by atoms with van der Waals surface area (Å²) in [4.78, 5) is 40.1. The maximum Gasteiger partial charge on any atom is 0.306 e. The molecule has 0 spiro atoms. The van der Waals surface area contributed by atoms with E-state index in [4.69, 9.17) is 13.8 Å². The van der Waals surface area contributed by atoms with Crippen molar-refractivity contribution in [3.05, 3.63) is 60.8 Å². The van der Waals surface area contributed by atoms with E-state index in [9.17, 15) is 19.0 Å². The first-order valence-corrected chi connectivity index (χ1v) is 35.1. The van der Waals surface area contributed by atoms with Crippen molar-refractivity contribution in [3.63, 3.8) is 0 Å². The molecule has 0 heterocycles. The Morgan fingerprint density at radius 2 is 0.772 bits per heavy atom. The summed E-state index contributed by atoms with van der Waals surface area (Å²) in [5.41, 5.74) is 0. The zero-order chi connectivity index (χ0) is 57.9. The van der Waals surface area contributed by atoms with E-state index in [0.29, 0.717) is 17.4 Å². The number of hydrogen-bond acceptors (Lipinski definition) is 7. The summed E-state index contributed by atoms with van der Waals surface area (Å²) < 4.78 is 30.4. The molecule has 0 rings (SSSR count). The highest BCUT2D eigenvalue weighted by molar-refractivity contribution is 7.45. The summed E-state index contributed by atoms with van der Waals surface area (Å²) in [5, 5.41) is 3.04. The topological polar surface area (TPSA) is 114 Å². The van der Waals surface area contributed by atoms with Crippen LogP contribution in [0.15, 0.2) is 60.8 Å². The number of allylic oxidation sites excluding steroid dienone is 9. The number of likely N-dealkylation sites (N-methyl/N-ethyl adjacent to an activating group) is 1. The number of nitrogens with one attached hydrogen (secondary N) is 1. The average molecular weight is 1130 g/mol. The highest BCUT2D eigenvalue weighted by atomic mass is 31.2. The fourth-order valence-electron chi connectivity index (χ4n) is 9.70. The fourth-order valence-corrected chi connectivity index (χ4v) is 10.4. The number of carbonyl (C=O) groups excluding carboxylic acids is 2. The highest BCUT2D eigenvalue weighted by Gasteiger charge is 2.27. The summed E-state index contributed by atoms with van der Waals surface area (Å²) in [6.45, 7) is 6.84. The minimum Gasteiger partial charge on any atom is -0.756 e. The van der Waals surface area contributed by atoms with E-state index in [1.165, 1.54) is 199 Å². The van der Waals surface area contributed by atoms with Crippen molar-refractivity contribution >= 4 is 19.7 Å². The van der Waals surface area contributed by atoms with Crippen LogP contribution in [-0.2, 0) is 27.9 Å². The van der Waals surface area contributed by atoms with Gasteiger partial charge in [-0.15, -0.1) is 0 Å². The molecule has 9 nitrogen and oxygen atoms in total. The molecule has 79 heavy (non-hydrogen) atoms. The Kier molecular flexibility index (Phi) is 57.2. The number of amides is 1. The van der Waals surface area contributed by atoms with Crippen molar-refractivity contribution in [1.29, 1.82) is 0 Å². The van der Waals surface area contributed by atoms with Crippen LogP contribution in [0.3, 0.4) is 0 Å². The number of unbranched alkanes of at least 4 members (excludes halogenated alkanes) is 37. The molecule has 0 aliphatic rings. The third-order valence-corrected chi connectivity index (χ3v) is 15.9. The lowest BCUT2D eigenvalue weighted by Gasteiger charge is -2.30. The quantitative estimate of drug-likeness (QED) is 0.0212. The Morgan fingerprint density at radius 1 is 0.443 bits per heavy atom. The van der Waals surface area contributed by atoms with Crippen molar-refractivity contribution in [2.45, 2.75) is 328 Å². The van der Waals surface area contributed by atoms with Gasteiger partial charge in [0.15, 0.2) is 0 Å². The Balaban J connectivity index is 5.21. The van der Waals surface area contributed by atoms with E-state index < -0.39 is 26.6 Å². The van der Waals surface area contributed by atoms with Crippen molar-refractivity contribution in [2.75, 3.05) is 40.9 Å². The van der Waals surface area contributed by atoms with Crippen molar-refractivity contribution in [2.24, 2.45) is 0 Å². The summed E-state index contributed by atoms with van der Waals surface area (Å²) >= 11 is 0. The Hall–Kier alpha value is -2.29. The van der Waals surface area contributed by atoms with Crippen molar-refractivity contribution in [1.82, 2.24) is 5.32 Å². The van der Waals surface area contributed by atoms with Crippen molar-refractivity contribution in [3.8, 4) is 0 Å². The molecule has 1 amide bonds. The number of esters is 1. The third-order valence-electron chi connectivity index (χ3n) is 14.9. The summed E-state index contributed by atoms with van der Waals surface area (Å²) in [6.07, 6.45) is 74.7. The monoisotopic (exact) mass is 1130 g/mol. The molecule has 0 radical (unpaired) electrons. The zero-order valence-corrected chi connectivity index (χ0v) is 53.7. The Morgan fingerprint density at radius 3 is 1.19 bits per heavy atom. The van der Waals surface area contributed by atoms with Crippen LogP contribution < -0.4 is 10.2 Å². The molecule has 0 fully saturated rings. The molecule has 3 atom stereocenters. The molecule has 0 aromatic carbocycles. The number of nitrogens with zero attached hydrogens (tertiary/aromatic N) is 1. The third kappa shape index (κ3) is 60.1. The highest BCUT2D eigenvalue weighted by Crippen LogP contribution is 2.38. The predicted octanol–water partition coefficient (Wildman–Crippen LogP) is 20.4. The van der Waals surface area contributed by atoms with Gasteiger partial charge >= 0.3 is 5.97 Å². The second-order valence-corrected chi connectivity index (χ2v) is 25.4. The van der Waals surface area contributed by atoms with Gasteiger partial charge in [-0.25, -0.2) is 0 Å². The van der Waals surface area contributed by atoms with Gasteiger partial charge in [-0.05, 0) is 96.0 Å². The van der Waals surface area contributed by atoms with Crippen LogP contribution in [0.1, 0.15) is 316 Å². The van der Waals surface area contributed by atoms with Crippen LogP contribution in [0.25, 0.3) is 0 Å². The lowest BCUT2D eigenvalue weighted by atomic mass is 10.0. The normalized spacial score (nSPS) is 14.0. The van der Waals surface area contributed by atoms with E-state index in [1.54, 1.807) is 0 Å². The van der Waals surface area contributed by atoms with Gasteiger partial charge < -0.3 is 28.5 Å². The zero-order valence-electron chi connectivity index (χ0n) is 52.8. The molecule has 1 N–H and O–H groups in total. The van der Waals surface area contributed by atoms with Gasteiger partial charge in [-0.3, -0.25) is 14.2 Å². The Bertz CT molecular complexity index is 1540. The van der Waals surface area contributed by atoms with Crippen LogP contribution in [0.2, 0.25) is 0 Å². The largest absolute Gasteiger partial charge is 0.756 e. The molecule has 0 aromatic rings. The average Bonchev–Trinajstić information content (AvgIpc) is 3.41. The first kappa shape index (κ1) is 76.7. The second-order valence-electron chi connectivity index (χ2n) is 24.0. The standard InChI is InChI=1S/C69H129N2O7P/c1-7-10-13-16-19-22-25-28-30-32-34-35-37-38-40-43-46-49-52-55-58-61-68(72)70-66(65-77-79(74,75)76-64-63-71(4,5)6)67(60-57-54-51-48-45-42-27-24-21-18-15-12-9-3)78-69(73)62-59-56-53-50-47-44-41-39-36-33-31-29-26-23-20-17-14-11-8-2/h20,23,28-31,36,39,57,60,66-67H,7-19,21-22,24-27,32-35,37-38,40-56,58-59,61-65H2,1-6H3,(H-,70,72,74,75)/b23-20-,30-28+,31-29-,39-36-,60-57+. The van der Waals surface area contributed by atoms with Crippen LogP contribution in [0, 0.1) is 0 Å². The van der Waals surface area contributed by atoms with E-state index in [2.05, 4.69) is 74.7 Å². The minimum absolute atomic E-state index is 0.0251. The molecule has 3 unspecified atom stereocenters. The smallest absolute Gasteiger partial charge is 0.306 e. The molecule has 462 valence electrons. The van der Waals surface area contributed by atoms with Crippen LogP contribution in [0.4, 0.5) is 0 Å². The SMILES string of the molecule is CCCCC/C=C\C/C=C\C/C=C\CCCCCCCCC(=O)OC(/C=C/CCCCCCCCCCCCC)C(COP(=O)([O-])OCC[N+](C)(C)C)NC(=O)CCCCCCCCCCCCC/C=C/CCCCCCCC. The summed E-state index contributed by atoms with van der Waals surface area (Å²) in [6, 6.07) is -0.895. The number of ether oxygens (including phenoxy) is 1. The van der Waals surface area contributed by atoms with Gasteiger partial charge in [0.2, 0.25) is 5.91 Å². The molecule has 0 saturated heterocycles. The Labute approximate surface area is 490 Å². The molecular weight excluding hydrogens is 1000 g/mol. The van der Waals surface area contributed by atoms with Crippen LogP contribution >= 0.6 is 7.82 Å². The van der Waals surface area contributed by atoms with E-state index in [-0.39, 0.29) is 24.9 Å². The minimum atomic E-state index is -4.71. The van der Waals surface area contributed by atoms with Gasteiger partial charge in [-0.2, -0.15) is 0 Å². The predicted molar refractivity (Wildman–Crippen MR) is 339 cm³/mol. The number of phosphoric acid groups is 1. The lowest BCUT2D eigenvalue weighted by Crippen LogP contribution is -2.47. The first-order valence-electron chi connectivity index (χ1n) is 33.6. The number of rotatable bonds is 61. The van der Waals surface area contributed by atoms with Crippen LogP contribution in [-0.4, -0.2) is 69.4 Å². The molecule has 10 heteroatoms. The number of phosphoric ester groups is 1. The molecule has 0 saturated carbocycles. The van der Waals surface area contributed by atoms with Gasteiger partial charge in [-0.1, -0.05) is 268 Å². The molecule has 0 aliphatic heterocycles. The number of carbonyl (C=O) groups is 2. The molecular formula is C69H129N2O7P. The maximum atomic E-state index is 13.6. The van der Waals surface area contributed by atoms with Crippen molar-refractivity contribution < 1.29 is 37.3 Å². The van der Waals surface area contributed by atoms with Gasteiger partial charge in [0.05, 0.1) is 33.8 Å². The molecule has 0 aliphatic carbocycles. The first-order chi connectivity index (χ1) is 38.4. The fraction of sp³-hybridized carbons (Fsp3) is 0.826. The van der Waals surface area contributed by atoms with Gasteiger partial charge in [0, 0.05) is 12.8 Å². The van der Waals surface area contributed by atoms with E-state index >= 15 is 0 Å². The summed E-state index contributed by atoms with van der Waals surface area (Å²) in [7, 11) is 1.18. The van der Waals surface area contributed by atoms with E-state index in [1.807, 2.05) is 33.3 Å². The number of hydrogen-bond donors (Lipinski definition) is 1. The van der Waals surface area contributed by atoms with Gasteiger partial charge in [0.1, 0.15) is 19.3 Å². The van der Waals surface area contributed by atoms with Crippen LogP contribution in [0.5, 0.6) is 0 Å². The summed E-state index contributed by atoms with van der Waals surface area (Å²) in [5.74, 6) is -0.547. The molecule has 0 aromatic heterocycles. The lowest BCUT2D eigenvalue weighted by molar-refractivity contribution is -0.870.